The third-order valence-electron chi connectivity index (χ3n) is 4.42. The molecule has 1 aromatic carbocycles. The second kappa shape index (κ2) is 4.50. The normalized spacial score (nSPS) is 28.1. The van der Waals surface area contributed by atoms with Crippen LogP contribution in [0.3, 0.4) is 0 Å². The van der Waals surface area contributed by atoms with E-state index in [1.54, 1.807) is 0 Å². The lowest BCUT2D eigenvalue weighted by atomic mass is 10.0. The highest BCUT2D eigenvalue weighted by Gasteiger charge is 2.48. The molecule has 108 valence electrons. The molecule has 2 saturated carbocycles. The Bertz CT molecular complexity index is 543. The van der Waals surface area contributed by atoms with Gasteiger partial charge in [-0.3, -0.25) is 4.79 Å². The Balaban J connectivity index is 1.72. The number of anilines is 1. The maximum absolute atomic E-state index is 12.8. The van der Waals surface area contributed by atoms with Crippen LogP contribution in [0.4, 0.5) is 18.9 Å². The number of benzene rings is 1. The van der Waals surface area contributed by atoms with E-state index in [1.807, 2.05) is 0 Å². The Labute approximate surface area is 115 Å². The molecule has 1 N–H and O–H groups in total. The van der Waals surface area contributed by atoms with Gasteiger partial charge in [0.2, 0.25) is 5.91 Å². The van der Waals surface area contributed by atoms with Crippen molar-refractivity contribution in [2.24, 2.45) is 17.8 Å². The second-order valence-corrected chi connectivity index (χ2v) is 5.94. The van der Waals surface area contributed by atoms with Crippen molar-refractivity contribution in [1.29, 1.82) is 0 Å². The van der Waals surface area contributed by atoms with Gasteiger partial charge in [0.25, 0.3) is 0 Å². The number of amides is 1. The van der Waals surface area contributed by atoms with Gasteiger partial charge in [-0.2, -0.15) is 13.2 Å². The minimum atomic E-state index is -4.39. The fourth-order valence-corrected chi connectivity index (χ4v) is 3.18. The number of hydrogen-bond donors (Lipinski definition) is 1. The van der Waals surface area contributed by atoms with Crippen molar-refractivity contribution in [3.8, 4) is 0 Å². The Morgan fingerprint density at radius 1 is 1.20 bits per heavy atom. The van der Waals surface area contributed by atoms with Gasteiger partial charge in [0.05, 0.1) is 5.56 Å². The van der Waals surface area contributed by atoms with Crippen LogP contribution in [-0.4, -0.2) is 5.91 Å². The SMILES string of the molecule is Cc1ccc(NC(=O)C2CC3CC3C2)cc1C(F)(F)F. The molecule has 0 aromatic heterocycles. The molecule has 0 bridgehead atoms. The van der Waals surface area contributed by atoms with Gasteiger partial charge in [0, 0.05) is 11.6 Å². The molecule has 0 aliphatic heterocycles. The van der Waals surface area contributed by atoms with Gasteiger partial charge in [0.1, 0.15) is 0 Å². The maximum atomic E-state index is 12.8. The summed E-state index contributed by atoms with van der Waals surface area (Å²) >= 11 is 0. The lowest BCUT2D eigenvalue weighted by Gasteiger charge is -2.15. The molecule has 0 heterocycles. The summed E-state index contributed by atoms with van der Waals surface area (Å²) in [6.07, 6.45) is -1.41. The number of nitrogens with one attached hydrogen (secondary N) is 1. The van der Waals surface area contributed by atoms with Crippen LogP contribution in [0.25, 0.3) is 0 Å². The Morgan fingerprint density at radius 3 is 2.45 bits per heavy atom. The van der Waals surface area contributed by atoms with Gasteiger partial charge < -0.3 is 5.32 Å². The average molecular weight is 283 g/mol. The minimum Gasteiger partial charge on any atom is -0.326 e. The number of rotatable bonds is 2. The molecule has 2 unspecified atom stereocenters. The van der Waals surface area contributed by atoms with Crippen LogP contribution in [0.15, 0.2) is 18.2 Å². The van der Waals surface area contributed by atoms with E-state index in [9.17, 15) is 18.0 Å². The number of fused-ring (bicyclic) bond motifs is 1. The molecule has 2 nitrogen and oxygen atoms in total. The summed E-state index contributed by atoms with van der Waals surface area (Å²) in [7, 11) is 0. The van der Waals surface area contributed by atoms with E-state index in [-0.39, 0.29) is 23.1 Å². The molecule has 3 rings (SSSR count). The fourth-order valence-electron chi connectivity index (χ4n) is 3.18. The third kappa shape index (κ3) is 2.53. The highest BCUT2D eigenvalue weighted by molar-refractivity contribution is 5.93. The predicted molar refractivity (Wildman–Crippen MR) is 69.1 cm³/mol. The zero-order chi connectivity index (χ0) is 14.5. The van der Waals surface area contributed by atoms with Crippen LogP contribution >= 0.6 is 0 Å². The highest BCUT2D eigenvalue weighted by Crippen LogP contribution is 2.54. The lowest BCUT2D eigenvalue weighted by Crippen LogP contribution is -2.22. The van der Waals surface area contributed by atoms with E-state index in [0.717, 1.165) is 18.9 Å². The summed E-state index contributed by atoms with van der Waals surface area (Å²) in [5.41, 5.74) is -0.296. The standard InChI is InChI=1S/C15H16F3NO/c1-8-2-3-12(7-13(8)15(16,17)18)19-14(20)11-5-9-4-10(9)6-11/h2-3,7,9-11H,4-6H2,1H3,(H,19,20). The quantitative estimate of drug-likeness (QED) is 0.873. The number of hydrogen-bond acceptors (Lipinski definition) is 1. The minimum absolute atomic E-state index is 0.0330. The zero-order valence-corrected chi connectivity index (χ0v) is 11.1. The van der Waals surface area contributed by atoms with E-state index in [0.29, 0.717) is 11.8 Å². The molecule has 2 fully saturated rings. The number of carbonyl (C=O) groups excluding carboxylic acids is 1. The van der Waals surface area contributed by atoms with E-state index in [4.69, 9.17) is 0 Å². The summed E-state index contributed by atoms with van der Waals surface area (Å²) in [5, 5.41) is 2.63. The van der Waals surface area contributed by atoms with Crippen LogP contribution in [0, 0.1) is 24.7 Å². The van der Waals surface area contributed by atoms with Crippen molar-refractivity contribution in [1.82, 2.24) is 0 Å². The molecule has 5 heteroatoms. The van der Waals surface area contributed by atoms with Crippen molar-refractivity contribution in [3.05, 3.63) is 29.3 Å². The van der Waals surface area contributed by atoms with Gasteiger partial charge in [-0.1, -0.05) is 6.07 Å². The lowest BCUT2D eigenvalue weighted by molar-refractivity contribution is -0.138. The van der Waals surface area contributed by atoms with Crippen molar-refractivity contribution in [3.63, 3.8) is 0 Å². The maximum Gasteiger partial charge on any atom is 0.416 e. The summed E-state index contributed by atoms with van der Waals surface area (Å²) in [6, 6.07) is 3.94. The van der Waals surface area contributed by atoms with Gasteiger partial charge >= 0.3 is 6.18 Å². The Hall–Kier alpha value is -1.52. The summed E-state index contributed by atoms with van der Waals surface area (Å²) in [4.78, 5) is 12.0. The monoisotopic (exact) mass is 283 g/mol. The molecular weight excluding hydrogens is 267 g/mol. The molecular formula is C15H16F3NO. The molecule has 0 radical (unpaired) electrons. The Kier molecular flexibility index (Phi) is 3.03. The van der Waals surface area contributed by atoms with Crippen LogP contribution in [-0.2, 0) is 11.0 Å². The molecule has 1 amide bonds. The zero-order valence-electron chi connectivity index (χ0n) is 11.1. The van der Waals surface area contributed by atoms with Gasteiger partial charge in [-0.15, -0.1) is 0 Å². The number of halogens is 3. The summed E-state index contributed by atoms with van der Waals surface area (Å²) in [5.74, 6) is 1.17. The predicted octanol–water partition coefficient (Wildman–Crippen LogP) is 4.00. The number of carbonyl (C=O) groups is 1. The van der Waals surface area contributed by atoms with Crippen molar-refractivity contribution in [2.75, 3.05) is 5.32 Å². The molecule has 2 aliphatic rings. The topological polar surface area (TPSA) is 29.1 Å². The van der Waals surface area contributed by atoms with Crippen LogP contribution in [0.1, 0.15) is 30.4 Å². The molecule has 0 spiro atoms. The first-order valence-electron chi connectivity index (χ1n) is 6.83. The van der Waals surface area contributed by atoms with Gasteiger partial charge in [-0.05, 0) is 55.7 Å². The van der Waals surface area contributed by atoms with Crippen molar-refractivity contribution in [2.45, 2.75) is 32.4 Å². The average Bonchev–Trinajstić information content (AvgIpc) is 2.97. The molecule has 20 heavy (non-hydrogen) atoms. The number of aryl methyl sites for hydroxylation is 1. The fraction of sp³-hybridized carbons (Fsp3) is 0.533. The molecule has 2 atom stereocenters. The van der Waals surface area contributed by atoms with E-state index in [1.165, 1.54) is 25.5 Å². The van der Waals surface area contributed by atoms with Crippen LogP contribution in [0.2, 0.25) is 0 Å². The molecule has 1 aromatic rings. The first-order valence-corrected chi connectivity index (χ1v) is 6.83. The van der Waals surface area contributed by atoms with Crippen molar-refractivity contribution >= 4 is 11.6 Å². The summed E-state index contributed by atoms with van der Waals surface area (Å²) < 4.78 is 38.4. The summed E-state index contributed by atoms with van der Waals surface area (Å²) in [6.45, 7) is 1.42. The smallest absolute Gasteiger partial charge is 0.326 e. The molecule has 2 aliphatic carbocycles. The largest absolute Gasteiger partial charge is 0.416 e. The van der Waals surface area contributed by atoms with E-state index in [2.05, 4.69) is 5.32 Å². The third-order valence-corrected chi connectivity index (χ3v) is 4.42. The van der Waals surface area contributed by atoms with Crippen LogP contribution in [0.5, 0.6) is 0 Å². The van der Waals surface area contributed by atoms with E-state index >= 15 is 0 Å². The highest BCUT2D eigenvalue weighted by atomic mass is 19.4. The van der Waals surface area contributed by atoms with Crippen molar-refractivity contribution < 1.29 is 18.0 Å². The second-order valence-electron chi connectivity index (χ2n) is 5.94. The molecule has 0 saturated heterocycles. The van der Waals surface area contributed by atoms with E-state index < -0.39 is 11.7 Å². The Morgan fingerprint density at radius 2 is 1.85 bits per heavy atom. The van der Waals surface area contributed by atoms with Gasteiger partial charge in [0.15, 0.2) is 0 Å². The number of alkyl halides is 3. The first kappa shape index (κ1) is 13.5. The van der Waals surface area contributed by atoms with Gasteiger partial charge in [-0.25, -0.2) is 0 Å². The van der Waals surface area contributed by atoms with Crippen LogP contribution < -0.4 is 5.32 Å². The first-order chi connectivity index (χ1) is 9.34.